The molecule has 210 valence electrons. The molecule has 2 aliphatic carbocycles. The van der Waals surface area contributed by atoms with Crippen molar-refractivity contribution in [3.05, 3.63) is 59.4 Å². The molecule has 0 spiro atoms. The lowest BCUT2D eigenvalue weighted by atomic mass is 9.79. The summed E-state index contributed by atoms with van der Waals surface area (Å²) in [7, 11) is 1.87. The van der Waals surface area contributed by atoms with Crippen LogP contribution in [0.25, 0.3) is 0 Å². The van der Waals surface area contributed by atoms with Crippen molar-refractivity contribution in [2.45, 2.75) is 88.1 Å². The molecule has 0 atom stereocenters. The standard InChI is InChI=1S/C27H33F3N6O3/c1-35-24(16-39-23-4-2-3-20(13-23)27(28,29)30)33-34-25(35)18-7-5-17(6-8-18)19-14-31-36(15-19)22-11-9-21(10-12-22)32-26(37)38/h2-4,13-15,17-18,21-22,32H,5-12,16H2,1H3,(H,37,38). The molecule has 39 heavy (non-hydrogen) atoms. The Morgan fingerprint density at radius 2 is 1.79 bits per heavy atom. The molecule has 2 fully saturated rings. The normalized spacial score (nSPS) is 23.9. The van der Waals surface area contributed by atoms with Crippen LogP contribution in [0.15, 0.2) is 36.7 Å². The summed E-state index contributed by atoms with van der Waals surface area (Å²) >= 11 is 0. The summed E-state index contributed by atoms with van der Waals surface area (Å²) in [5.41, 5.74) is 0.494. The molecule has 0 radical (unpaired) electrons. The fourth-order valence-corrected chi connectivity index (χ4v) is 5.87. The molecule has 1 aromatic carbocycles. The molecule has 2 saturated carbocycles. The summed E-state index contributed by atoms with van der Waals surface area (Å²) in [5.74, 6) is 2.27. The van der Waals surface area contributed by atoms with Gasteiger partial charge in [-0.1, -0.05) is 6.07 Å². The van der Waals surface area contributed by atoms with Gasteiger partial charge in [-0.3, -0.25) is 4.68 Å². The molecule has 2 aliphatic rings. The first-order chi connectivity index (χ1) is 18.7. The Balaban J connectivity index is 1.13. The van der Waals surface area contributed by atoms with Crippen LogP contribution in [0, 0.1) is 0 Å². The number of halogens is 3. The van der Waals surface area contributed by atoms with Crippen molar-refractivity contribution in [2.75, 3.05) is 0 Å². The number of hydrogen-bond acceptors (Lipinski definition) is 5. The van der Waals surface area contributed by atoms with E-state index in [4.69, 9.17) is 9.84 Å². The molecule has 9 nitrogen and oxygen atoms in total. The maximum Gasteiger partial charge on any atom is 0.416 e. The summed E-state index contributed by atoms with van der Waals surface area (Å²) in [6.07, 6.45) is 6.14. The smallest absolute Gasteiger partial charge is 0.416 e. The average Bonchev–Trinajstić information content (AvgIpc) is 3.55. The van der Waals surface area contributed by atoms with Crippen LogP contribution in [0.4, 0.5) is 18.0 Å². The number of carbonyl (C=O) groups is 1. The Kier molecular flexibility index (Phi) is 7.81. The SMILES string of the molecule is Cn1c(COc2cccc(C(F)(F)F)c2)nnc1C1CCC(c2cnn(C3CCC(NC(=O)O)CC3)c2)CC1. The van der Waals surface area contributed by atoms with Gasteiger partial charge in [0.05, 0.1) is 17.8 Å². The molecule has 0 unspecified atom stereocenters. The van der Waals surface area contributed by atoms with Crippen LogP contribution in [0.3, 0.4) is 0 Å². The van der Waals surface area contributed by atoms with Gasteiger partial charge in [-0.15, -0.1) is 10.2 Å². The van der Waals surface area contributed by atoms with Crippen molar-refractivity contribution < 1.29 is 27.8 Å². The van der Waals surface area contributed by atoms with E-state index < -0.39 is 17.8 Å². The van der Waals surface area contributed by atoms with Crippen molar-refractivity contribution in [1.82, 2.24) is 29.9 Å². The number of ether oxygens (including phenoxy) is 1. The quantitative estimate of drug-likeness (QED) is 0.388. The second-order valence-corrected chi connectivity index (χ2v) is 10.6. The Morgan fingerprint density at radius 3 is 2.49 bits per heavy atom. The Morgan fingerprint density at radius 1 is 1.08 bits per heavy atom. The van der Waals surface area contributed by atoms with E-state index >= 15 is 0 Å². The van der Waals surface area contributed by atoms with Crippen molar-refractivity contribution >= 4 is 6.09 Å². The molecular formula is C27H33F3N6O3. The van der Waals surface area contributed by atoms with Gasteiger partial charge in [0.15, 0.2) is 5.82 Å². The topological polar surface area (TPSA) is 107 Å². The van der Waals surface area contributed by atoms with Crippen molar-refractivity contribution in [3.8, 4) is 5.75 Å². The number of aromatic nitrogens is 5. The predicted molar refractivity (Wildman–Crippen MR) is 135 cm³/mol. The van der Waals surface area contributed by atoms with E-state index in [1.807, 2.05) is 17.8 Å². The van der Waals surface area contributed by atoms with Crippen molar-refractivity contribution in [1.29, 1.82) is 0 Å². The molecule has 12 heteroatoms. The summed E-state index contributed by atoms with van der Waals surface area (Å²) in [6, 6.07) is 5.16. The lowest BCUT2D eigenvalue weighted by Gasteiger charge is -2.29. The number of rotatable bonds is 7. The number of nitrogens with one attached hydrogen (secondary N) is 1. The monoisotopic (exact) mass is 546 g/mol. The van der Waals surface area contributed by atoms with Crippen LogP contribution in [-0.2, 0) is 19.8 Å². The zero-order valence-electron chi connectivity index (χ0n) is 21.8. The number of nitrogens with zero attached hydrogens (tertiary/aromatic N) is 5. The van der Waals surface area contributed by atoms with Gasteiger partial charge in [-0.25, -0.2) is 4.79 Å². The van der Waals surface area contributed by atoms with E-state index in [1.54, 1.807) is 0 Å². The van der Waals surface area contributed by atoms with E-state index in [-0.39, 0.29) is 24.3 Å². The van der Waals surface area contributed by atoms with Crippen LogP contribution < -0.4 is 10.1 Å². The third-order valence-electron chi connectivity index (χ3n) is 8.11. The Labute approximate surface area is 224 Å². The van der Waals surface area contributed by atoms with Crippen LogP contribution >= 0.6 is 0 Å². The molecular weight excluding hydrogens is 513 g/mol. The summed E-state index contributed by atoms with van der Waals surface area (Å²) in [5, 5.41) is 24.8. The van der Waals surface area contributed by atoms with Gasteiger partial charge in [0.25, 0.3) is 0 Å². The molecule has 2 aromatic heterocycles. The third-order valence-corrected chi connectivity index (χ3v) is 8.11. The number of amides is 1. The van der Waals surface area contributed by atoms with Crippen LogP contribution in [0.1, 0.15) is 92.0 Å². The van der Waals surface area contributed by atoms with Crippen LogP contribution in [-0.4, -0.2) is 41.8 Å². The number of hydrogen-bond donors (Lipinski definition) is 2. The van der Waals surface area contributed by atoms with E-state index in [0.717, 1.165) is 69.3 Å². The predicted octanol–water partition coefficient (Wildman–Crippen LogP) is 5.80. The maximum absolute atomic E-state index is 13.0. The zero-order chi connectivity index (χ0) is 27.6. The summed E-state index contributed by atoms with van der Waals surface area (Å²) in [6.45, 7) is 0.0353. The summed E-state index contributed by atoms with van der Waals surface area (Å²) < 4.78 is 48.5. The van der Waals surface area contributed by atoms with Crippen LogP contribution in [0.5, 0.6) is 5.75 Å². The first kappa shape index (κ1) is 27.0. The number of benzene rings is 1. The van der Waals surface area contributed by atoms with E-state index in [1.165, 1.54) is 17.7 Å². The van der Waals surface area contributed by atoms with Gasteiger partial charge in [0.1, 0.15) is 18.2 Å². The van der Waals surface area contributed by atoms with Gasteiger partial charge in [-0.2, -0.15) is 18.3 Å². The highest BCUT2D eigenvalue weighted by molar-refractivity contribution is 5.64. The lowest BCUT2D eigenvalue weighted by Crippen LogP contribution is -2.37. The third kappa shape index (κ3) is 6.36. The highest BCUT2D eigenvalue weighted by Gasteiger charge is 2.31. The molecule has 0 aliphatic heterocycles. The summed E-state index contributed by atoms with van der Waals surface area (Å²) in [4.78, 5) is 10.9. The zero-order valence-corrected chi connectivity index (χ0v) is 21.8. The first-order valence-electron chi connectivity index (χ1n) is 13.4. The molecule has 3 aromatic rings. The fourth-order valence-electron chi connectivity index (χ4n) is 5.87. The Bertz CT molecular complexity index is 1270. The van der Waals surface area contributed by atoms with Crippen molar-refractivity contribution in [3.63, 3.8) is 0 Å². The van der Waals surface area contributed by atoms with Crippen molar-refractivity contribution in [2.24, 2.45) is 7.05 Å². The highest BCUT2D eigenvalue weighted by Crippen LogP contribution is 2.40. The molecule has 2 N–H and O–H groups in total. The number of carboxylic acid groups (broad SMARTS) is 1. The van der Waals surface area contributed by atoms with E-state index in [2.05, 4.69) is 31.5 Å². The fraction of sp³-hybridized carbons (Fsp3) is 0.556. The highest BCUT2D eigenvalue weighted by atomic mass is 19.4. The van der Waals surface area contributed by atoms with Gasteiger partial charge in [0.2, 0.25) is 0 Å². The lowest BCUT2D eigenvalue weighted by molar-refractivity contribution is -0.137. The second-order valence-electron chi connectivity index (χ2n) is 10.6. The second kappa shape index (κ2) is 11.3. The van der Waals surface area contributed by atoms with Gasteiger partial charge < -0.3 is 19.7 Å². The van der Waals surface area contributed by atoms with Crippen LogP contribution in [0.2, 0.25) is 0 Å². The maximum atomic E-state index is 13.0. The minimum atomic E-state index is -4.42. The minimum Gasteiger partial charge on any atom is -0.486 e. The number of alkyl halides is 3. The van der Waals surface area contributed by atoms with Gasteiger partial charge in [0, 0.05) is 25.2 Å². The van der Waals surface area contributed by atoms with Gasteiger partial charge >= 0.3 is 12.3 Å². The van der Waals surface area contributed by atoms with Gasteiger partial charge in [-0.05, 0) is 81.0 Å². The Hall–Kier alpha value is -3.57. The largest absolute Gasteiger partial charge is 0.486 e. The van der Waals surface area contributed by atoms with E-state index in [0.29, 0.717) is 17.8 Å². The molecule has 1 amide bonds. The first-order valence-corrected chi connectivity index (χ1v) is 13.4. The molecule has 0 saturated heterocycles. The average molecular weight is 547 g/mol. The molecule has 0 bridgehead atoms. The minimum absolute atomic E-state index is 0.0253. The molecule has 5 rings (SSSR count). The van der Waals surface area contributed by atoms with E-state index in [9.17, 15) is 18.0 Å². The molecule has 2 heterocycles.